The molecule has 0 saturated carbocycles. The SMILES string of the molecule is Cc1ccccc1S(=O)(=O)n1c(=O)[nH]c2cc(N)ccc21. The van der Waals surface area contributed by atoms with Crippen LogP contribution >= 0.6 is 0 Å². The Morgan fingerprint density at radius 1 is 1.14 bits per heavy atom. The molecule has 0 aliphatic heterocycles. The lowest BCUT2D eigenvalue weighted by atomic mass is 10.2. The largest absolute Gasteiger partial charge is 0.399 e. The van der Waals surface area contributed by atoms with Crippen LogP contribution < -0.4 is 11.4 Å². The van der Waals surface area contributed by atoms with Crippen LogP contribution in [0.25, 0.3) is 11.0 Å². The molecule has 6 nitrogen and oxygen atoms in total. The van der Waals surface area contributed by atoms with Gasteiger partial charge in [0, 0.05) is 5.69 Å². The number of H-pyrrole nitrogens is 1. The fourth-order valence-electron chi connectivity index (χ4n) is 2.29. The molecule has 3 aromatic rings. The van der Waals surface area contributed by atoms with Crippen LogP contribution in [0.5, 0.6) is 0 Å². The zero-order valence-corrected chi connectivity index (χ0v) is 12.0. The second-order valence-electron chi connectivity index (χ2n) is 4.74. The van der Waals surface area contributed by atoms with E-state index in [0.717, 1.165) is 3.97 Å². The monoisotopic (exact) mass is 303 g/mol. The molecule has 0 aliphatic rings. The van der Waals surface area contributed by atoms with Gasteiger partial charge in [-0.05, 0) is 36.8 Å². The molecule has 0 spiro atoms. The summed E-state index contributed by atoms with van der Waals surface area (Å²) in [6.45, 7) is 1.69. The Morgan fingerprint density at radius 2 is 1.86 bits per heavy atom. The van der Waals surface area contributed by atoms with Crippen LogP contribution in [0.2, 0.25) is 0 Å². The van der Waals surface area contributed by atoms with Crippen LogP contribution in [0.1, 0.15) is 5.56 Å². The van der Waals surface area contributed by atoms with E-state index in [1.54, 1.807) is 31.2 Å². The third-order valence-electron chi connectivity index (χ3n) is 3.28. The Bertz CT molecular complexity index is 1000. The maximum atomic E-state index is 12.7. The molecule has 0 amide bonds. The summed E-state index contributed by atoms with van der Waals surface area (Å²) >= 11 is 0. The highest BCUT2D eigenvalue weighted by Gasteiger charge is 2.23. The minimum Gasteiger partial charge on any atom is -0.399 e. The van der Waals surface area contributed by atoms with Crippen molar-refractivity contribution < 1.29 is 8.42 Å². The fraction of sp³-hybridized carbons (Fsp3) is 0.0714. The summed E-state index contributed by atoms with van der Waals surface area (Å²) in [7, 11) is -3.96. The van der Waals surface area contributed by atoms with E-state index in [1.807, 2.05) is 0 Å². The van der Waals surface area contributed by atoms with Gasteiger partial charge in [-0.25, -0.2) is 13.2 Å². The predicted octanol–water partition coefficient (Wildman–Crippen LogP) is 1.46. The van der Waals surface area contributed by atoms with Gasteiger partial charge >= 0.3 is 5.69 Å². The van der Waals surface area contributed by atoms with E-state index in [4.69, 9.17) is 5.73 Å². The summed E-state index contributed by atoms with van der Waals surface area (Å²) in [5.41, 5.74) is 6.63. The maximum Gasteiger partial charge on any atom is 0.340 e. The highest BCUT2D eigenvalue weighted by molar-refractivity contribution is 7.90. The van der Waals surface area contributed by atoms with Gasteiger partial charge in [0.05, 0.1) is 15.9 Å². The van der Waals surface area contributed by atoms with Gasteiger partial charge in [-0.1, -0.05) is 18.2 Å². The minimum atomic E-state index is -3.96. The van der Waals surface area contributed by atoms with E-state index in [0.29, 0.717) is 16.8 Å². The first-order valence-corrected chi connectivity index (χ1v) is 7.67. The fourth-order valence-corrected chi connectivity index (χ4v) is 3.89. The summed E-state index contributed by atoms with van der Waals surface area (Å²) < 4.78 is 26.3. The average molecular weight is 303 g/mol. The number of aryl methyl sites for hydroxylation is 1. The third kappa shape index (κ3) is 2.02. The summed E-state index contributed by atoms with van der Waals surface area (Å²) in [6.07, 6.45) is 0. The number of benzene rings is 2. The molecule has 1 heterocycles. The molecular formula is C14H13N3O3S. The van der Waals surface area contributed by atoms with E-state index in [2.05, 4.69) is 4.98 Å². The van der Waals surface area contributed by atoms with E-state index < -0.39 is 15.7 Å². The van der Waals surface area contributed by atoms with Gasteiger partial charge in [0.1, 0.15) is 0 Å². The van der Waals surface area contributed by atoms with Crippen molar-refractivity contribution in [1.29, 1.82) is 0 Å². The molecule has 0 aliphatic carbocycles. The molecule has 0 unspecified atom stereocenters. The average Bonchev–Trinajstić information content (AvgIpc) is 2.74. The van der Waals surface area contributed by atoms with Crippen molar-refractivity contribution in [3.63, 3.8) is 0 Å². The quantitative estimate of drug-likeness (QED) is 0.700. The van der Waals surface area contributed by atoms with Gasteiger partial charge in [-0.15, -0.1) is 0 Å². The number of anilines is 1. The zero-order valence-electron chi connectivity index (χ0n) is 11.2. The normalized spacial score (nSPS) is 11.9. The lowest BCUT2D eigenvalue weighted by Crippen LogP contribution is -2.25. The number of imidazole rings is 1. The van der Waals surface area contributed by atoms with Crippen LogP contribution in [-0.4, -0.2) is 17.4 Å². The number of aromatic nitrogens is 2. The van der Waals surface area contributed by atoms with Gasteiger partial charge in [-0.3, -0.25) is 0 Å². The van der Waals surface area contributed by atoms with Crippen LogP contribution in [0.4, 0.5) is 5.69 Å². The molecule has 0 saturated heterocycles. The number of aromatic amines is 1. The van der Waals surface area contributed by atoms with Gasteiger partial charge in [0.25, 0.3) is 10.0 Å². The van der Waals surface area contributed by atoms with Gasteiger partial charge < -0.3 is 10.7 Å². The zero-order chi connectivity index (χ0) is 15.2. The van der Waals surface area contributed by atoms with Gasteiger partial charge in [0.15, 0.2) is 0 Å². The predicted molar refractivity (Wildman–Crippen MR) is 80.7 cm³/mol. The first kappa shape index (κ1) is 13.4. The van der Waals surface area contributed by atoms with E-state index in [1.165, 1.54) is 18.2 Å². The van der Waals surface area contributed by atoms with E-state index in [9.17, 15) is 13.2 Å². The molecule has 2 aromatic carbocycles. The van der Waals surface area contributed by atoms with Gasteiger partial charge in [0.2, 0.25) is 0 Å². The number of nitrogen functional groups attached to an aromatic ring is 1. The molecule has 0 fully saturated rings. The Balaban J connectivity index is 2.37. The smallest absolute Gasteiger partial charge is 0.340 e. The molecule has 7 heteroatoms. The second kappa shape index (κ2) is 4.49. The van der Waals surface area contributed by atoms with Crippen LogP contribution in [0.3, 0.4) is 0 Å². The number of nitrogens with two attached hydrogens (primary N) is 1. The molecule has 108 valence electrons. The third-order valence-corrected chi connectivity index (χ3v) is 5.13. The molecule has 0 bridgehead atoms. The molecule has 1 aromatic heterocycles. The highest BCUT2D eigenvalue weighted by atomic mass is 32.2. The van der Waals surface area contributed by atoms with Crippen molar-refractivity contribution in [2.24, 2.45) is 0 Å². The van der Waals surface area contributed by atoms with Crippen molar-refractivity contribution in [2.75, 3.05) is 5.73 Å². The first-order valence-electron chi connectivity index (χ1n) is 6.23. The molecular weight excluding hydrogens is 290 g/mol. The van der Waals surface area contributed by atoms with Crippen molar-refractivity contribution in [3.05, 3.63) is 58.5 Å². The summed E-state index contributed by atoms with van der Waals surface area (Å²) in [5.74, 6) is 0. The van der Waals surface area contributed by atoms with Crippen molar-refractivity contribution >= 4 is 26.7 Å². The highest BCUT2D eigenvalue weighted by Crippen LogP contribution is 2.21. The van der Waals surface area contributed by atoms with E-state index in [-0.39, 0.29) is 10.4 Å². The number of nitrogens with one attached hydrogen (secondary N) is 1. The molecule has 0 radical (unpaired) electrons. The Kier molecular flexibility index (Phi) is 2.87. The Morgan fingerprint density at radius 3 is 2.57 bits per heavy atom. The summed E-state index contributed by atoms with van der Waals surface area (Å²) in [6, 6.07) is 11.1. The van der Waals surface area contributed by atoms with Crippen LogP contribution in [0, 0.1) is 6.92 Å². The van der Waals surface area contributed by atoms with Crippen molar-refractivity contribution in [3.8, 4) is 0 Å². The van der Waals surface area contributed by atoms with Crippen LogP contribution in [0.15, 0.2) is 52.2 Å². The first-order chi connectivity index (χ1) is 9.91. The van der Waals surface area contributed by atoms with E-state index >= 15 is 0 Å². The minimum absolute atomic E-state index is 0.102. The summed E-state index contributed by atoms with van der Waals surface area (Å²) in [5, 5.41) is 0. The molecule has 0 atom stereocenters. The number of fused-ring (bicyclic) bond motifs is 1. The topological polar surface area (TPSA) is 98.0 Å². The van der Waals surface area contributed by atoms with Crippen molar-refractivity contribution in [2.45, 2.75) is 11.8 Å². The number of hydrogen-bond acceptors (Lipinski definition) is 4. The lowest BCUT2D eigenvalue weighted by molar-refractivity contribution is 0.586. The lowest BCUT2D eigenvalue weighted by Gasteiger charge is -2.08. The number of rotatable bonds is 2. The molecule has 3 rings (SSSR count). The molecule has 21 heavy (non-hydrogen) atoms. The Hall–Kier alpha value is -2.54. The second-order valence-corrected chi connectivity index (χ2v) is 6.50. The molecule has 3 N–H and O–H groups in total. The van der Waals surface area contributed by atoms with Crippen molar-refractivity contribution in [1.82, 2.24) is 8.96 Å². The Labute approximate surface area is 120 Å². The summed E-state index contributed by atoms with van der Waals surface area (Å²) in [4.78, 5) is 14.7. The standard InChI is InChI=1S/C14H13N3O3S/c1-9-4-2-3-5-13(9)21(19,20)17-12-7-6-10(15)8-11(12)16-14(17)18/h2-8H,15H2,1H3,(H,16,18). The van der Waals surface area contributed by atoms with Gasteiger partial charge in [-0.2, -0.15) is 3.97 Å². The number of nitrogens with zero attached hydrogens (tertiary/aromatic N) is 1. The number of hydrogen-bond donors (Lipinski definition) is 2. The maximum absolute atomic E-state index is 12.7. The van der Waals surface area contributed by atoms with Crippen LogP contribution in [-0.2, 0) is 10.0 Å².